The Kier molecular flexibility index (Phi) is 5.38. The Balaban J connectivity index is 1.47. The van der Waals surface area contributed by atoms with Gasteiger partial charge in [-0.1, -0.05) is 54.6 Å². The number of hydrogen-bond donors (Lipinski definition) is 1. The van der Waals surface area contributed by atoms with Crippen LogP contribution in [-0.4, -0.2) is 28.2 Å². The third kappa shape index (κ3) is 4.19. The number of hydrogen-bond acceptors (Lipinski definition) is 3. The van der Waals surface area contributed by atoms with E-state index in [4.69, 9.17) is 0 Å². The molecule has 29 heavy (non-hydrogen) atoms. The Morgan fingerprint density at radius 3 is 2.45 bits per heavy atom. The molecule has 0 bridgehead atoms. The van der Waals surface area contributed by atoms with Gasteiger partial charge < -0.3 is 10.2 Å². The molecule has 4 rings (SSSR count). The van der Waals surface area contributed by atoms with E-state index in [0.29, 0.717) is 24.2 Å². The fraction of sp³-hybridized carbons (Fsp3) is 0.208. The van der Waals surface area contributed by atoms with Gasteiger partial charge in [-0.05, 0) is 36.1 Å². The molecule has 0 saturated heterocycles. The van der Waals surface area contributed by atoms with Crippen molar-refractivity contribution in [1.82, 2.24) is 15.2 Å². The molecule has 5 nitrogen and oxygen atoms in total. The third-order valence-corrected chi connectivity index (χ3v) is 5.31. The monoisotopic (exact) mass is 385 g/mol. The fourth-order valence-electron chi connectivity index (χ4n) is 3.64. The van der Waals surface area contributed by atoms with Gasteiger partial charge in [-0.25, -0.2) is 0 Å². The second-order valence-electron chi connectivity index (χ2n) is 7.31. The van der Waals surface area contributed by atoms with Crippen LogP contribution in [0.1, 0.15) is 50.4 Å². The van der Waals surface area contributed by atoms with E-state index in [2.05, 4.69) is 22.4 Å². The normalized spacial score (nSPS) is 14.0. The van der Waals surface area contributed by atoms with E-state index in [-0.39, 0.29) is 17.9 Å². The average molecular weight is 385 g/mol. The summed E-state index contributed by atoms with van der Waals surface area (Å²) in [6.07, 6.45) is 3.86. The molecule has 2 aromatic carbocycles. The predicted molar refractivity (Wildman–Crippen MR) is 111 cm³/mol. The van der Waals surface area contributed by atoms with Gasteiger partial charge in [0.2, 0.25) is 0 Å². The molecule has 0 spiro atoms. The summed E-state index contributed by atoms with van der Waals surface area (Å²) in [5.41, 5.74) is 4.30. The molecular formula is C24H23N3O2. The molecule has 2 heterocycles. The van der Waals surface area contributed by atoms with Crippen molar-refractivity contribution in [3.05, 3.63) is 101 Å². The van der Waals surface area contributed by atoms with Gasteiger partial charge in [0.15, 0.2) is 0 Å². The zero-order chi connectivity index (χ0) is 20.2. The van der Waals surface area contributed by atoms with Gasteiger partial charge in [-0.2, -0.15) is 0 Å². The topological polar surface area (TPSA) is 62.3 Å². The number of carbonyl (C=O) groups is 2. The first-order valence-corrected chi connectivity index (χ1v) is 9.79. The molecule has 1 atom stereocenters. The first-order valence-electron chi connectivity index (χ1n) is 9.79. The summed E-state index contributed by atoms with van der Waals surface area (Å²) >= 11 is 0. The minimum absolute atomic E-state index is 0.0993. The van der Waals surface area contributed by atoms with Crippen molar-refractivity contribution in [1.29, 1.82) is 0 Å². The maximum absolute atomic E-state index is 13.0. The van der Waals surface area contributed by atoms with Crippen LogP contribution in [0.5, 0.6) is 0 Å². The molecule has 1 N–H and O–H groups in total. The second kappa shape index (κ2) is 8.27. The number of rotatable bonds is 4. The minimum atomic E-state index is -0.243. The second-order valence-corrected chi connectivity index (χ2v) is 7.31. The third-order valence-electron chi connectivity index (χ3n) is 5.31. The van der Waals surface area contributed by atoms with Gasteiger partial charge >= 0.3 is 0 Å². The molecule has 1 aliphatic rings. The molecule has 1 aliphatic heterocycles. The summed E-state index contributed by atoms with van der Waals surface area (Å²) in [6.45, 7) is 3.18. The molecule has 0 radical (unpaired) electrons. The largest absolute Gasteiger partial charge is 0.345 e. The lowest BCUT2D eigenvalue weighted by Gasteiger charge is -2.29. The number of fused-ring (bicyclic) bond motifs is 1. The van der Waals surface area contributed by atoms with E-state index in [0.717, 1.165) is 12.0 Å². The molecular weight excluding hydrogens is 362 g/mol. The van der Waals surface area contributed by atoms with E-state index in [9.17, 15) is 9.59 Å². The highest BCUT2D eigenvalue weighted by atomic mass is 16.2. The summed E-state index contributed by atoms with van der Waals surface area (Å²) in [5, 5.41) is 2.97. The number of amides is 2. The van der Waals surface area contributed by atoms with Gasteiger partial charge in [0, 0.05) is 25.5 Å². The van der Waals surface area contributed by atoms with Crippen LogP contribution in [0.25, 0.3) is 0 Å². The summed E-state index contributed by atoms with van der Waals surface area (Å²) in [4.78, 5) is 31.6. The Morgan fingerprint density at radius 2 is 1.66 bits per heavy atom. The predicted octanol–water partition coefficient (Wildman–Crippen LogP) is 3.77. The van der Waals surface area contributed by atoms with Crippen LogP contribution < -0.4 is 5.32 Å². The zero-order valence-electron chi connectivity index (χ0n) is 16.3. The number of carbonyl (C=O) groups excluding carboxylic acids is 2. The standard InChI is InChI=1S/C24H23N3O2/c1-17(18-7-3-2-4-8-18)26-23(28)21-13-22(15-25-14-21)24(29)27-12-11-19-9-5-6-10-20(19)16-27/h2-10,13-15,17H,11-12,16H2,1H3,(H,26,28). The summed E-state index contributed by atoms with van der Waals surface area (Å²) in [7, 11) is 0. The number of nitrogens with one attached hydrogen (secondary N) is 1. The van der Waals surface area contributed by atoms with Crippen LogP contribution in [-0.2, 0) is 13.0 Å². The van der Waals surface area contributed by atoms with Crippen molar-refractivity contribution in [2.75, 3.05) is 6.54 Å². The first-order chi connectivity index (χ1) is 14.1. The van der Waals surface area contributed by atoms with Crippen molar-refractivity contribution in [2.24, 2.45) is 0 Å². The van der Waals surface area contributed by atoms with Crippen LogP contribution in [0.4, 0.5) is 0 Å². The summed E-state index contributed by atoms with van der Waals surface area (Å²) < 4.78 is 0. The smallest absolute Gasteiger partial charge is 0.255 e. The molecule has 5 heteroatoms. The molecule has 2 amide bonds. The lowest BCUT2D eigenvalue weighted by molar-refractivity contribution is 0.0734. The molecule has 1 aromatic heterocycles. The van der Waals surface area contributed by atoms with Crippen LogP contribution >= 0.6 is 0 Å². The van der Waals surface area contributed by atoms with Crippen LogP contribution in [0.2, 0.25) is 0 Å². The van der Waals surface area contributed by atoms with Crippen LogP contribution in [0.3, 0.4) is 0 Å². The van der Waals surface area contributed by atoms with Crippen molar-refractivity contribution < 1.29 is 9.59 Å². The Morgan fingerprint density at radius 1 is 0.966 bits per heavy atom. The SMILES string of the molecule is CC(NC(=O)c1cncc(C(=O)N2CCc3ccccc3C2)c1)c1ccccc1. The molecule has 0 aliphatic carbocycles. The van der Waals surface area contributed by atoms with E-state index in [1.54, 1.807) is 6.07 Å². The van der Waals surface area contributed by atoms with E-state index in [1.807, 2.05) is 54.3 Å². The average Bonchev–Trinajstić information content (AvgIpc) is 2.79. The van der Waals surface area contributed by atoms with E-state index < -0.39 is 0 Å². The molecule has 0 fully saturated rings. The first kappa shape index (κ1) is 18.9. The lowest BCUT2D eigenvalue weighted by Crippen LogP contribution is -2.36. The van der Waals surface area contributed by atoms with Gasteiger partial charge in [0.1, 0.15) is 0 Å². The highest BCUT2D eigenvalue weighted by Gasteiger charge is 2.22. The number of benzene rings is 2. The minimum Gasteiger partial charge on any atom is -0.345 e. The maximum Gasteiger partial charge on any atom is 0.255 e. The molecule has 146 valence electrons. The van der Waals surface area contributed by atoms with Crippen LogP contribution in [0.15, 0.2) is 73.1 Å². The van der Waals surface area contributed by atoms with Gasteiger partial charge in [-0.15, -0.1) is 0 Å². The van der Waals surface area contributed by atoms with Crippen LogP contribution in [0, 0.1) is 0 Å². The van der Waals surface area contributed by atoms with Crippen molar-refractivity contribution in [2.45, 2.75) is 25.9 Å². The summed E-state index contributed by atoms with van der Waals surface area (Å²) in [6, 6.07) is 19.4. The number of nitrogens with zero attached hydrogens (tertiary/aromatic N) is 2. The highest BCUT2D eigenvalue weighted by molar-refractivity contribution is 5.99. The number of aromatic nitrogens is 1. The van der Waals surface area contributed by atoms with Gasteiger partial charge in [0.25, 0.3) is 11.8 Å². The molecule has 1 unspecified atom stereocenters. The molecule has 3 aromatic rings. The van der Waals surface area contributed by atoms with Gasteiger partial charge in [0.05, 0.1) is 17.2 Å². The number of pyridine rings is 1. The van der Waals surface area contributed by atoms with Gasteiger partial charge in [-0.3, -0.25) is 14.6 Å². The van der Waals surface area contributed by atoms with Crippen molar-refractivity contribution >= 4 is 11.8 Å². The van der Waals surface area contributed by atoms with Crippen molar-refractivity contribution in [3.8, 4) is 0 Å². The van der Waals surface area contributed by atoms with E-state index >= 15 is 0 Å². The zero-order valence-corrected chi connectivity index (χ0v) is 16.3. The lowest BCUT2D eigenvalue weighted by atomic mass is 9.99. The van der Waals surface area contributed by atoms with E-state index in [1.165, 1.54) is 23.5 Å². The Hall–Kier alpha value is -3.47. The molecule has 0 saturated carbocycles. The Bertz CT molecular complexity index is 1030. The summed E-state index contributed by atoms with van der Waals surface area (Å²) in [5.74, 6) is -0.342. The fourth-order valence-corrected chi connectivity index (χ4v) is 3.64. The maximum atomic E-state index is 13.0. The quantitative estimate of drug-likeness (QED) is 0.744. The Labute approximate surface area is 170 Å². The highest BCUT2D eigenvalue weighted by Crippen LogP contribution is 2.20. The van der Waals surface area contributed by atoms with Crippen molar-refractivity contribution in [3.63, 3.8) is 0 Å².